The summed E-state index contributed by atoms with van der Waals surface area (Å²) in [6.45, 7) is 2.02. The number of H-pyrrole nitrogens is 1. The molecule has 0 saturated heterocycles. The predicted molar refractivity (Wildman–Crippen MR) is 55.0 cm³/mol. The van der Waals surface area contributed by atoms with Crippen molar-refractivity contribution in [2.45, 2.75) is 6.92 Å². The molecule has 0 spiro atoms. The van der Waals surface area contributed by atoms with Crippen LogP contribution in [0.25, 0.3) is 11.3 Å². The van der Waals surface area contributed by atoms with Gasteiger partial charge in [0, 0.05) is 11.6 Å². The first-order valence-corrected chi connectivity index (χ1v) is 4.38. The average molecular weight is 186 g/mol. The van der Waals surface area contributed by atoms with Crippen LogP contribution in [0.15, 0.2) is 41.2 Å². The largest absolute Gasteiger partial charge is 0.268 e. The Labute approximate surface area is 81.4 Å². The van der Waals surface area contributed by atoms with Gasteiger partial charge < -0.3 is 0 Å². The molecule has 0 radical (unpaired) electrons. The Hall–Kier alpha value is -1.90. The first-order chi connectivity index (χ1) is 6.75. The van der Waals surface area contributed by atoms with Crippen LogP contribution in [0.1, 0.15) is 5.56 Å². The Morgan fingerprint density at radius 3 is 2.71 bits per heavy atom. The number of aromatic amines is 1. The van der Waals surface area contributed by atoms with Crippen LogP contribution in [0, 0.1) is 6.92 Å². The number of hydrogen-bond acceptors (Lipinski definition) is 2. The fraction of sp³-hybridized carbons (Fsp3) is 0.0909. The van der Waals surface area contributed by atoms with Gasteiger partial charge >= 0.3 is 0 Å². The third kappa shape index (κ3) is 1.71. The molecular weight excluding hydrogens is 176 g/mol. The lowest BCUT2D eigenvalue weighted by Gasteiger charge is -1.99. The van der Waals surface area contributed by atoms with E-state index in [0.29, 0.717) is 0 Å². The summed E-state index contributed by atoms with van der Waals surface area (Å²) < 4.78 is 0. The van der Waals surface area contributed by atoms with Crippen LogP contribution >= 0.6 is 0 Å². The highest BCUT2D eigenvalue weighted by Crippen LogP contribution is 2.15. The van der Waals surface area contributed by atoms with Gasteiger partial charge in [0.25, 0.3) is 5.56 Å². The van der Waals surface area contributed by atoms with Crippen LogP contribution in [-0.2, 0) is 0 Å². The predicted octanol–water partition coefficient (Wildman–Crippen LogP) is 1.75. The number of aryl methyl sites for hydroxylation is 1. The van der Waals surface area contributed by atoms with E-state index >= 15 is 0 Å². The van der Waals surface area contributed by atoms with E-state index in [0.717, 1.165) is 11.3 Å². The molecule has 14 heavy (non-hydrogen) atoms. The molecule has 3 nitrogen and oxygen atoms in total. The molecule has 3 heteroatoms. The normalized spacial score (nSPS) is 10.1. The fourth-order valence-electron chi connectivity index (χ4n) is 1.31. The minimum Gasteiger partial charge on any atom is -0.268 e. The number of nitrogens with one attached hydrogen (secondary N) is 1. The Bertz CT molecular complexity index is 482. The summed E-state index contributed by atoms with van der Waals surface area (Å²) in [6.07, 6.45) is 0. The Morgan fingerprint density at radius 1 is 1.21 bits per heavy atom. The molecule has 0 fully saturated rings. The Balaban J connectivity index is 2.49. The lowest BCUT2D eigenvalue weighted by molar-refractivity contribution is 0.995. The second kappa shape index (κ2) is 3.46. The standard InChI is InChI=1S/C11H10N2O/c1-8-3-2-4-9(7-8)10-5-6-11(14)13-12-10/h2-7H,1H3,(H,13,14). The van der Waals surface area contributed by atoms with Crippen LogP contribution in [0.4, 0.5) is 0 Å². The molecule has 0 unspecified atom stereocenters. The van der Waals surface area contributed by atoms with Crippen molar-refractivity contribution < 1.29 is 0 Å². The zero-order valence-electron chi connectivity index (χ0n) is 7.82. The lowest BCUT2D eigenvalue weighted by atomic mass is 10.1. The van der Waals surface area contributed by atoms with Crippen molar-refractivity contribution in [3.63, 3.8) is 0 Å². The smallest absolute Gasteiger partial charge is 0.264 e. The fourth-order valence-corrected chi connectivity index (χ4v) is 1.31. The van der Waals surface area contributed by atoms with Crippen LogP contribution < -0.4 is 5.56 Å². The van der Waals surface area contributed by atoms with Gasteiger partial charge in [-0.15, -0.1) is 0 Å². The van der Waals surface area contributed by atoms with Gasteiger partial charge in [0.2, 0.25) is 0 Å². The van der Waals surface area contributed by atoms with Gasteiger partial charge in [-0.25, -0.2) is 5.10 Å². The zero-order valence-corrected chi connectivity index (χ0v) is 7.82. The number of nitrogens with zero attached hydrogens (tertiary/aromatic N) is 1. The number of aromatic nitrogens is 2. The molecule has 1 aromatic carbocycles. The van der Waals surface area contributed by atoms with Crippen LogP contribution in [0.2, 0.25) is 0 Å². The highest BCUT2D eigenvalue weighted by Gasteiger charge is 1.98. The topological polar surface area (TPSA) is 45.8 Å². The minimum atomic E-state index is -0.179. The van der Waals surface area contributed by atoms with Gasteiger partial charge in [0.1, 0.15) is 0 Å². The highest BCUT2D eigenvalue weighted by atomic mass is 16.1. The van der Waals surface area contributed by atoms with E-state index in [2.05, 4.69) is 10.2 Å². The second-order valence-electron chi connectivity index (χ2n) is 3.18. The molecule has 0 aliphatic carbocycles. The maximum Gasteiger partial charge on any atom is 0.264 e. The molecule has 0 aliphatic heterocycles. The summed E-state index contributed by atoms with van der Waals surface area (Å²) in [5.74, 6) is 0. The van der Waals surface area contributed by atoms with Gasteiger partial charge in [0.05, 0.1) is 5.69 Å². The monoisotopic (exact) mass is 186 g/mol. The Kier molecular flexibility index (Phi) is 2.14. The molecule has 0 atom stereocenters. The third-order valence-electron chi connectivity index (χ3n) is 1.99. The number of rotatable bonds is 1. The third-order valence-corrected chi connectivity index (χ3v) is 1.99. The van der Waals surface area contributed by atoms with Crippen molar-refractivity contribution in [2.24, 2.45) is 0 Å². The molecule has 1 heterocycles. The zero-order chi connectivity index (χ0) is 9.97. The molecule has 0 aliphatic rings. The maximum absolute atomic E-state index is 10.8. The maximum atomic E-state index is 10.8. The molecule has 0 bridgehead atoms. The number of benzene rings is 1. The molecule has 70 valence electrons. The summed E-state index contributed by atoms with van der Waals surface area (Å²) in [5, 5.41) is 6.36. The summed E-state index contributed by atoms with van der Waals surface area (Å²) in [6, 6.07) is 11.2. The van der Waals surface area contributed by atoms with Crippen LogP contribution in [0.3, 0.4) is 0 Å². The van der Waals surface area contributed by atoms with Crippen molar-refractivity contribution in [3.05, 3.63) is 52.3 Å². The van der Waals surface area contributed by atoms with Crippen molar-refractivity contribution in [1.82, 2.24) is 10.2 Å². The van der Waals surface area contributed by atoms with Gasteiger partial charge in [-0.1, -0.05) is 23.8 Å². The lowest BCUT2D eigenvalue weighted by Crippen LogP contribution is -2.05. The average Bonchev–Trinajstić information content (AvgIpc) is 2.19. The molecule has 1 N–H and O–H groups in total. The van der Waals surface area contributed by atoms with Crippen LogP contribution in [-0.4, -0.2) is 10.2 Å². The van der Waals surface area contributed by atoms with Crippen molar-refractivity contribution >= 4 is 0 Å². The molecular formula is C11H10N2O. The summed E-state index contributed by atoms with van der Waals surface area (Å²) >= 11 is 0. The Morgan fingerprint density at radius 2 is 2.07 bits per heavy atom. The van der Waals surface area contributed by atoms with Crippen molar-refractivity contribution in [2.75, 3.05) is 0 Å². The van der Waals surface area contributed by atoms with Crippen molar-refractivity contribution in [3.8, 4) is 11.3 Å². The quantitative estimate of drug-likeness (QED) is 0.737. The van der Waals surface area contributed by atoms with E-state index in [4.69, 9.17) is 0 Å². The SMILES string of the molecule is Cc1cccc(-c2ccc(=O)[nH]n2)c1. The molecule has 0 amide bonds. The van der Waals surface area contributed by atoms with Crippen LogP contribution in [0.5, 0.6) is 0 Å². The second-order valence-corrected chi connectivity index (χ2v) is 3.18. The molecule has 2 rings (SSSR count). The molecule has 1 aromatic heterocycles. The number of hydrogen-bond donors (Lipinski definition) is 1. The van der Waals surface area contributed by atoms with Crippen molar-refractivity contribution in [1.29, 1.82) is 0 Å². The van der Waals surface area contributed by atoms with E-state index in [1.54, 1.807) is 6.07 Å². The first-order valence-electron chi connectivity index (χ1n) is 4.38. The van der Waals surface area contributed by atoms with E-state index in [1.165, 1.54) is 11.6 Å². The summed E-state index contributed by atoms with van der Waals surface area (Å²) in [4.78, 5) is 10.8. The minimum absolute atomic E-state index is 0.179. The van der Waals surface area contributed by atoms with E-state index in [-0.39, 0.29) is 5.56 Å². The van der Waals surface area contributed by atoms with Gasteiger partial charge in [-0.05, 0) is 19.1 Å². The molecule has 2 aromatic rings. The summed E-state index contributed by atoms with van der Waals surface area (Å²) in [5.41, 5.74) is 2.80. The summed E-state index contributed by atoms with van der Waals surface area (Å²) in [7, 11) is 0. The van der Waals surface area contributed by atoms with E-state index in [9.17, 15) is 4.79 Å². The van der Waals surface area contributed by atoms with E-state index < -0.39 is 0 Å². The highest BCUT2D eigenvalue weighted by molar-refractivity contribution is 5.58. The van der Waals surface area contributed by atoms with Gasteiger partial charge in [-0.3, -0.25) is 4.79 Å². The van der Waals surface area contributed by atoms with E-state index in [1.807, 2.05) is 31.2 Å². The first kappa shape index (κ1) is 8.69. The molecule has 0 saturated carbocycles. The van der Waals surface area contributed by atoms with Gasteiger partial charge in [0.15, 0.2) is 0 Å². The van der Waals surface area contributed by atoms with Gasteiger partial charge in [-0.2, -0.15) is 5.10 Å².